The topological polar surface area (TPSA) is 55.6 Å². The fraction of sp³-hybridized carbons (Fsp3) is 0.588. The van der Waals surface area contributed by atoms with Gasteiger partial charge in [-0.3, -0.25) is 4.79 Å². The minimum absolute atomic E-state index is 0.106. The summed E-state index contributed by atoms with van der Waals surface area (Å²) in [7, 11) is 0. The van der Waals surface area contributed by atoms with Crippen LogP contribution in [0.1, 0.15) is 31.2 Å². The van der Waals surface area contributed by atoms with Crippen molar-refractivity contribution < 1.29 is 9.53 Å². The molecule has 4 nitrogen and oxygen atoms in total. The van der Waals surface area contributed by atoms with E-state index in [9.17, 15) is 4.79 Å². The molecule has 1 aromatic rings. The monoisotopic (exact) mass is 288 g/mol. The van der Waals surface area contributed by atoms with Crippen LogP contribution in [-0.2, 0) is 11.3 Å². The third-order valence-electron chi connectivity index (χ3n) is 4.79. The Hall–Kier alpha value is -1.55. The van der Waals surface area contributed by atoms with Crippen molar-refractivity contribution >= 4 is 5.91 Å². The van der Waals surface area contributed by atoms with Crippen LogP contribution in [0.5, 0.6) is 5.75 Å². The molecular formula is C17H24N2O2. The highest BCUT2D eigenvalue weighted by Crippen LogP contribution is 2.32. The van der Waals surface area contributed by atoms with Gasteiger partial charge in [-0.1, -0.05) is 31.0 Å². The molecule has 1 aromatic carbocycles. The average Bonchev–Trinajstić information content (AvgIpc) is 2.76. The van der Waals surface area contributed by atoms with Crippen LogP contribution in [0.3, 0.4) is 0 Å². The van der Waals surface area contributed by atoms with Gasteiger partial charge in [0.05, 0.1) is 6.54 Å². The van der Waals surface area contributed by atoms with E-state index < -0.39 is 0 Å². The van der Waals surface area contributed by atoms with Gasteiger partial charge in [0.25, 0.3) is 0 Å². The zero-order valence-corrected chi connectivity index (χ0v) is 12.5. The van der Waals surface area contributed by atoms with E-state index in [1.165, 1.54) is 6.42 Å². The Morgan fingerprint density at radius 2 is 2.10 bits per heavy atom. The summed E-state index contributed by atoms with van der Waals surface area (Å²) in [6.07, 6.45) is 4.43. The molecule has 2 aliphatic rings. The zero-order valence-electron chi connectivity index (χ0n) is 12.5. The van der Waals surface area contributed by atoms with Crippen LogP contribution in [0.4, 0.5) is 0 Å². The van der Waals surface area contributed by atoms with Crippen LogP contribution in [0, 0.1) is 11.8 Å². The summed E-state index contributed by atoms with van der Waals surface area (Å²) < 4.78 is 5.75. The molecule has 0 saturated heterocycles. The van der Waals surface area contributed by atoms with Gasteiger partial charge in [0.2, 0.25) is 5.91 Å². The van der Waals surface area contributed by atoms with Gasteiger partial charge in [0.15, 0.2) is 0 Å². The number of rotatable bonds is 2. The zero-order chi connectivity index (χ0) is 14.7. The maximum atomic E-state index is 12.9. The van der Waals surface area contributed by atoms with E-state index in [-0.39, 0.29) is 11.8 Å². The summed E-state index contributed by atoms with van der Waals surface area (Å²) >= 11 is 0. The first kappa shape index (κ1) is 14.4. The second-order valence-corrected chi connectivity index (χ2v) is 6.10. The fourth-order valence-electron chi connectivity index (χ4n) is 3.56. The Kier molecular flexibility index (Phi) is 4.44. The minimum Gasteiger partial charge on any atom is -0.491 e. The SMILES string of the molecule is NCC1CCCCC1C(=O)N1CCOc2ccccc2C1. The van der Waals surface area contributed by atoms with Crippen molar-refractivity contribution in [3.05, 3.63) is 29.8 Å². The van der Waals surface area contributed by atoms with Crippen LogP contribution < -0.4 is 10.5 Å². The van der Waals surface area contributed by atoms with Gasteiger partial charge in [0, 0.05) is 18.0 Å². The molecule has 1 aliphatic carbocycles. The van der Waals surface area contributed by atoms with Crippen molar-refractivity contribution in [1.82, 2.24) is 4.90 Å². The molecule has 4 heteroatoms. The first-order valence-electron chi connectivity index (χ1n) is 7.99. The fourth-order valence-corrected chi connectivity index (χ4v) is 3.56. The van der Waals surface area contributed by atoms with Gasteiger partial charge in [0.1, 0.15) is 12.4 Å². The van der Waals surface area contributed by atoms with Crippen molar-refractivity contribution in [2.75, 3.05) is 19.7 Å². The van der Waals surface area contributed by atoms with E-state index in [0.717, 1.165) is 30.6 Å². The third kappa shape index (κ3) is 3.05. The third-order valence-corrected chi connectivity index (χ3v) is 4.79. The van der Waals surface area contributed by atoms with Crippen LogP contribution >= 0.6 is 0 Å². The molecule has 1 aliphatic heterocycles. The van der Waals surface area contributed by atoms with E-state index in [1.54, 1.807) is 0 Å². The Morgan fingerprint density at radius 3 is 2.95 bits per heavy atom. The number of carbonyl (C=O) groups is 1. The average molecular weight is 288 g/mol. The molecule has 0 spiro atoms. The number of hydrogen-bond acceptors (Lipinski definition) is 3. The summed E-state index contributed by atoms with van der Waals surface area (Å²) in [5, 5.41) is 0. The van der Waals surface area contributed by atoms with Crippen molar-refractivity contribution in [3.8, 4) is 5.75 Å². The van der Waals surface area contributed by atoms with E-state index in [1.807, 2.05) is 29.2 Å². The summed E-state index contributed by atoms with van der Waals surface area (Å²) in [4.78, 5) is 14.9. The largest absolute Gasteiger partial charge is 0.491 e. The number of nitrogens with two attached hydrogens (primary N) is 1. The van der Waals surface area contributed by atoms with Gasteiger partial charge >= 0.3 is 0 Å². The van der Waals surface area contributed by atoms with Gasteiger partial charge in [-0.2, -0.15) is 0 Å². The number of para-hydroxylation sites is 1. The van der Waals surface area contributed by atoms with Crippen LogP contribution in [0.25, 0.3) is 0 Å². The molecular weight excluding hydrogens is 264 g/mol. The highest BCUT2D eigenvalue weighted by molar-refractivity contribution is 5.79. The van der Waals surface area contributed by atoms with Crippen molar-refractivity contribution in [2.24, 2.45) is 17.6 Å². The molecule has 1 amide bonds. The molecule has 1 saturated carbocycles. The maximum absolute atomic E-state index is 12.9. The molecule has 2 unspecified atom stereocenters. The van der Waals surface area contributed by atoms with E-state index in [4.69, 9.17) is 10.5 Å². The van der Waals surface area contributed by atoms with Crippen LogP contribution in [0.15, 0.2) is 24.3 Å². The number of benzene rings is 1. The molecule has 0 radical (unpaired) electrons. The smallest absolute Gasteiger partial charge is 0.226 e. The predicted octanol–water partition coefficient (Wildman–Crippen LogP) is 2.17. The second-order valence-electron chi connectivity index (χ2n) is 6.10. The highest BCUT2D eigenvalue weighted by atomic mass is 16.5. The Morgan fingerprint density at radius 1 is 1.29 bits per heavy atom. The number of hydrogen-bond donors (Lipinski definition) is 1. The first-order chi connectivity index (χ1) is 10.3. The molecule has 1 heterocycles. The van der Waals surface area contributed by atoms with Crippen molar-refractivity contribution in [2.45, 2.75) is 32.2 Å². The van der Waals surface area contributed by atoms with Crippen LogP contribution in [-0.4, -0.2) is 30.5 Å². The number of nitrogens with zero attached hydrogens (tertiary/aromatic N) is 1. The molecule has 0 bridgehead atoms. The Labute approximate surface area is 126 Å². The first-order valence-corrected chi connectivity index (χ1v) is 7.99. The van der Waals surface area contributed by atoms with Gasteiger partial charge < -0.3 is 15.4 Å². The van der Waals surface area contributed by atoms with Gasteiger partial charge in [-0.05, 0) is 31.4 Å². The lowest BCUT2D eigenvalue weighted by Gasteiger charge is -2.33. The van der Waals surface area contributed by atoms with Crippen LogP contribution in [0.2, 0.25) is 0 Å². The Balaban J connectivity index is 1.75. The number of fused-ring (bicyclic) bond motifs is 1. The minimum atomic E-state index is 0.106. The lowest BCUT2D eigenvalue weighted by atomic mass is 9.78. The number of ether oxygens (including phenoxy) is 1. The van der Waals surface area contributed by atoms with E-state index in [0.29, 0.717) is 32.2 Å². The molecule has 1 fully saturated rings. The standard InChI is InChI=1S/C17H24N2O2/c18-11-13-5-1-3-7-15(13)17(20)19-9-10-21-16-8-4-2-6-14(16)12-19/h2,4,6,8,13,15H,1,3,5,7,9-12,18H2. The van der Waals surface area contributed by atoms with E-state index in [2.05, 4.69) is 0 Å². The Bertz CT molecular complexity index is 503. The molecule has 21 heavy (non-hydrogen) atoms. The lowest BCUT2D eigenvalue weighted by molar-refractivity contribution is -0.139. The molecule has 2 N–H and O–H groups in total. The molecule has 2 atom stereocenters. The molecule has 3 rings (SSSR count). The summed E-state index contributed by atoms with van der Waals surface area (Å²) in [6, 6.07) is 8.00. The normalized spacial score (nSPS) is 25.7. The van der Waals surface area contributed by atoms with Crippen molar-refractivity contribution in [3.63, 3.8) is 0 Å². The number of amides is 1. The highest BCUT2D eigenvalue weighted by Gasteiger charge is 2.33. The second kappa shape index (κ2) is 6.48. The maximum Gasteiger partial charge on any atom is 0.226 e. The summed E-state index contributed by atoms with van der Waals surface area (Å²) in [5.74, 6) is 1.64. The molecule has 0 aromatic heterocycles. The molecule has 114 valence electrons. The summed E-state index contributed by atoms with van der Waals surface area (Å²) in [5.41, 5.74) is 6.97. The summed E-state index contributed by atoms with van der Waals surface area (Å²) in [6.45, 7) is 2.52. The lowest BCUT2D eigenvalue weighted by Crippen LogP contribution is -2.42. The van der Waals surface area contributed by atoms with Crippen molar-refractivity contribution in [1.29, 1.82) is 0 Å². The quantitative estimate of drug-likeness (QED) is 0.907. The van der Waals surface area contributed by atoms with E-state index >= 15 is 0 Å². The van der Waals surface area contributed by atoms with Gasteiger partial charge in [-0.15, -0.1) is 0 Å². The predicted molar refractivity (Wildman–Crippen MR) is 81.9 cm³/mol. The van der Waals surface area contributed by atoms with Gasteiger partial charge in [-0.25, -0.2) is 0 Å². The number of carbonyl (C=O) groups excluding carboxylic acids is 1.